The van der Waals surface area contributed by atoms with Crippen molar-refractivity contribution in [3.05, 3.63) is 11.6 Å². The van der Waals surface area contributed by atoms with E-state index in [9.17, 15) is 0 Å². The topological polar surface area (TPSA) is 4.44 Å². The number of fused-ring (bicyclic) bond motifs is 5. The molecular formula is C25H44N2+2. The van der Waals surface area contributed by atoms with Crippen LogP contribution in [0.25, 0.3) is 0 Å². The molecule has 4 fully saturated rings. The van der Waals surface area contributed by atoms with Crippen molar-refractivity contribution in [1.29, 1.82) is 0 Å². The van der Waals surface area contributed by atoms with Crippen LogP contribution in [0.2, 0.25) is 0 Å². The van der Waals surface area contributed by atoms with E-state index in [4.69, 9.17) is 0 Å². The summed E-state index contributed by atoms with van der Waals surface area (Å²) in [6.45, 7) is 11.1. The van der Waals surface area contributed by atoms with Crippen LogP contribution in [-0.4, -0.2) is 50.8 Å². The highest BCUT2D eigenvalue weighted by Gasteiger charge is 2.57. The summed E-state index contributed by atoms with van der Waals surface area (Å²) >= 11 is 0. The summed E-state index contributed by atoms with van der Waals surface area (Å²) in [5, 5.41) is 0. The van der Waals surface area contributed by atoms with Crippen LogP contribution in [0, 0.1) is 28.6 Å². The lowest BCUT2D eigenvalue weighted by atomic mass is 9.46. The summed E-state index contributed by atoms with van der Waals surface area (Å²) in [7, 11) is 5.00. The maximum Gasteiger partial charge on any atom is 0.0926 e. The third kappa shape index (κ3) is 2.80. The molecule has 2 heteroatoms. The number of nitrogens with one attached hydrogen (secondary N) is 1. The molecule has 5 aliphatic rings. The van der Waals surface area contributed by atoms with Crippen molar-refractivity contribution in [2.75, 3.05) is 40.3 Å². The maximum atomic E-state index is 2.78. The minimum absolute atomic E-state index is 0.538. The highest BCUT2D eigenvalue weighted by atomic mass is 15.4. The molecule has 0 amide bonds. The Hall–Kier alpha value is -0.340. The van der Waals surface area contributed by atoms with Gasteiger partial charge in [0.25, 0.3) is 0 Å². The largest absolute Gasteiger partial charge is 0.337 e. The molecule has 2 heterocycles. The number of likely N-dealkylation sites (tertiary alicyclic amines) is 2. The molecular weight excluding hydrogens is 328 g/mol. The van der Waals surface area contributed by atoms with Gasteiger partial charge in [0.15, 0.2) is 0 Å². The highest BCUT2D eigenvalue weighted by molar-refractivity contribution is 5.25. The molecule has 5 rings (SSSR count). The van der Waals surface area contributed by atoms with E-state index < -0.39 is 0 Å². The normalized spacial score (nSPS) is 51.7. The highest BCUT2D eigenvalue weighted by Crippen LogP contribution is 2.62. The second-order valence-electron chi connectivity index (χ2n) is 12.2. The van der Waals surface area contributed by atoms with Crippen molar-refractivity contribution in [3.63, 3.8) is 0 Å². The first-order valence-corrected chi connectivity index (χ1v) is 12.2. The molecule has 2 saturated heterocycles. The van der Waals surface area contributed by atoms with Gasteiger partial charge < -0.3 is 9.38 Å². The molecule has 3 aliphatic carbocycles. The van der Waals surface area contributed by atoms with Gasteiger partial charge in [0.1, 0.15) is 0 Å². The summed E-state index contributed by atoms with van der Waals surface area (Å²) in [5.74, 6) is 2.97. The van der Waals surface area contributed by atoms with Crippen molar-refractivity contribution >= 4 is 0 Å². The van der Waals surface area contributed by atoms with Gasteiger partial charge in [-0.15, -0.1) is 0 Å². The summed E-state index contributed by atoms with van der Waals surface area (Å²) in [6, 6.07) is 0.921. The third-order valence-electron chi connectivity index (χ3n) is 10.7. The van der Waals surface area contributed by atoms with Crippen molar-refractivity contribution in [3.8, 4) is 0 Å². The second kappa shape index (κ2) is 6.33. The minimum atomic E-state index is 0.538. The van der Waals surface area contributed by atoms with Crippen LogP contribution in [-0.2, 0) is 0 Å². The van der Waals surface area contributed by atoms with Gasteiger partial charge in [-0.1, -0.05) is 25.5 Å². The Kier molecular flexibility index (Phi) is 4.38. The summed E-state index contributed by atoms with van der Waals surface area (Å²) in [6.07, 6.45) is 16.0. The molecule has 0 spiro atoms. The van der Waals surface area contributed by atoms with Crippen molar-refractivity contribution in [2.24, 2.45) is 28.6 Å². The van der Waals surface area contributed by atoms with E-state index in [1.807, 2.05) is 5.57 Å². The predicted octanol–water partition coefficient (Wildman–Crippen LogP) is 3.68. The van der Waals surface area contributed by atoms with E-state index in [0.29, 0.717) is 10.8 Å². The first kappa shape index (κ1) is 18.7. The van der Waals surface area contributed by atoms with Gasteiger partial charge in [0, 0.05) is 37.5 Å². The Labute approximate surface area is 168 Å². The van der Waals surface area contributed by atoms with Gasteiger partial charge >= 0.3 is 0 Å². The van der Waals surface area contributed by atoms with Crippen molar-refractivity contribution in [2.45, 2.75) is 77.7 Å². The van der Waals surface area contributed by atoms with E-state index in [0.717, 1.165) is 23.8 Å². The van der Waals surface area contributed by atoms with Crippen LogP contribution in [0.4, 0.5) is 0 Å². The van der Waals surface area contributed by atoms with Crippen molar-refractivity contribution < 1.29 is 9.38 Å². The van der Waals surface area contributed by atoms with Crippen LogP contribution in [0.15, 0.2) is 11.6 Å². The van der Waals surface area contributed by atoms with Crippen LogP contribution in [0.1, 0.15) is 71.6 Å². The standard InChI is InChI=1S/C25H43N2/c1-24-12-10-23-21(22(24)11-14-26(3)18-24)8-7-19-17-20(9-13-25(19,23)2)27(4)15-5-6-16-27/h7,20-23H,5-6,8-18H2,1-4H3/q+1/p+1/t20-,21-,22-,23-,24+,25-/m0/s1. The number of hydrogen-bond acceptors (Lipinski definition) is 0. The Morgan fingerprint density at radius 3 is 2.59 bits per heavy atom. The number of allylic oxidation sites excluding steroid dienone is 1. The Bertz CT molecular complexity index is 618. The Morgan fingerprint density at radius 2 is 1.81 bits per heavy atom. The SMILES string of the molecule is C[NH+]1CC[C@H]2[C@@H]3CC=C4C[C@@H]([N+]5(C)CCCC5)CC[C@]4(C)[C@H]3CC[C@]2(C)C1. The molecule has 27 heavy (non-hydrogen) atoms. The van der Waals surface area contributed by atoms with E-state index in [1.54, 1.807) is 4.90 Å². The zero-order valence-electron chi connectivity index (χ0n) is 18.5. The number of nitrogens with zero attached hydrogens (tertiary/aromatic N) is 1. The molecule has 2 nitrogen and oxygen atoms in total. The van der Waals surface area contributed by atoms with Crippen LogP contribution in [0.3, 0.4) is 0 Å². The van der Waals surface area contributed by atoms with Gasteiger partial charge in [-0.05, 0) is 48.9 Å². The zero-order valence-corrected chi connectivity index (χ0v) is 18.5. The molecule has 2 saturated carbocycles. The third-order valence-corrected chi connectivity index (χ3v) is 10.7. The van der Waals surface area contributed by atoms with E-state index in [-0.39, 0.29) is 0 Å². The van der Waals surface area contributed by atoms with Crippen molar-refractivity contribution in [1.82, 2.24) is 0 Å². The fourth-order valence-electron chi connectivity index (χ4n) is 8.95. The smallest absolute Gasteiger partial charge is 0.0926 e. The average Bonchev–Trinajstić information content (AvgIpc) is 3.07. The van der Waals surface area contributed by atoms with Gasteiger partial charge in [-0.25, -0.2) is 0 Å². The Morgan fingerprint density at radius 1 is 1.04 bits per heavy atom. The number of piperidine rings is 1. The molecule has 1 unspecified atom stereocenters. The summed E-state index contributed by atoms with van der Waals surface area (Å²) in [4.78, 5) is 1.79. The molecule has 0 aromatic carbocycles. The van der Waals surface area contributed by atoms with E-state index in [1.165, 1.54) is 88.4 Å². The molecule has 0 aromatic rings. The quantitative estimate of drug-likeness (QED) is 0.529. The lowest BCUT2D eigenvalue weighted by Crippen LogP contribution is -3.12. The van der Waals surface area contributed by atoms with Gasteiger partial charge in [0.05, 0.1) is 46.3 Å². The summed E-state index contributed by atoms with van der Waals surface area (Å²) in [5.41, 5.74) is 3.06. The predicted molar refractivity (Wildman–Crippen MR) is 113 cm³/mol. The lowest BCUT2D eigenvalue weighted by molar-refractivity contribution is -0.923. The maximum absolute atomic E-state index is 2.78. The minimum Gasteiger partial charge on any atom is -0.337 e. The summed E-state index contributed by atoms with van der Waals surface area (Å²) < 4.78 is 1.39. The van der Waals surface area contributed by atoms with E-state index >= 15 is 0 Å². The first-order valence-electron chi connectivity index (χ1n) is 12.2. The fraction of sp³-hybridized carbons (Fsp3) is 0.920. The average molecular weight is 373 g/mol. The number of rotatable bonds is 1. The molecule has 2 aliphatic heterocycles. The lowest BCUT2D eigenvalue weighted by Gasteiger charge is -2.60. The number of quaternary nitrogens is 2. The Balaban J connectivity index is 1.39. The molecule has 1 N–H and O–H groups in total. The van der Waals surface area contributed by atoms with Gasteiger partial charge in [-0.2, -0.15) is 0 Å². The van der Waals surface area contributed by atoms with Crippen LogP contribution >= 0.6 is 0 Å². The monoisotopic (exact) mass is 372 g/mol. The zero-order chi connectivity index (χ0) is 18.9. The number of hydrogen-bond donors (Lipinski definition) is 1. The second-order valence-corrected chi connectivity index (χ2v) is 12.2. The van der Waals surface area contributed by atoms with Crippen LogP contribution < -0.4 is 4.90 Å². The van der Waals surface area contributed by atoms with Crippen LogP contribution in [0.5, 0.6) is 0 Å². The molecule has 0 radical (unpaired) electrons. The van der Waals surface area contributed by atoms with E-state index in [2.05, 4.69) is 34.0 Å². The molecule has 7 atom stereocenters. The van der Waals surface area contributed by atoms with Gasteiger partial charge in [0.2, 0.25) is 0 Å². The molecule has 152 valence electrons. The fourth-order valence-corrected chi connectivity index (χ4v) is 8.95. The molecule has 0 aromatic heterocycles. The molecule has 0 bridgehead atoms. The van der Waals surface area contributed by atoms with Gasteiger partial charge in [-0.3, -0.25) is 0 Å². The first-order chi connectivity index (χ1) is 12.8.